The van der Waals surface area contributed by atoms with Crippen molar-refractivity contribution in [2.24, 2.45) is 0 Å². The number of carboxylic acids is 1. The predicted molar refractivity (Wildman–Crippen MR) is 84.9 cm³/mol. The molecule has 1 N–H and O–H groups in total. The van der Waals surface area contributed by atoms with Gasteiger partial charge in [-0.05, 0) is 44.0 Å². The number of carboxylic acid groups (broad SMARTS) is 1. The largest absolute Gasteiger partial charge is 0.480 e. The van der Waals surface area contributed by atoms with E-state index in [1.54, 1.807) is 17.9 Å². The number of likely N-dealkylation sites (N-methyl/N-ethyl adjacent to an activating group) is 1. The van der Waals surface area contributed by atoms with Crippen molar-refractivity contribution >= 4 is 11.9 Å². The van der Waals surface area contributed by atoms with Crippen molar-refractivity contribution in [1.82, 2.24) is 9.80 Å². The molecule has 1 saturated heterocycles. The van der Waals surface area contributed by atoms with Crippen LogP contribution in [0.15, 0.2) is 18.2 Å². The number of carbonyl (C=O) groups is 2. The zero-order chi connectivity index (χ0) is 17.0. The number of rotatable bonds is 5. The third-order valence-corrected chi connectivity index (χ3v) is 4.37. The lowest BCUT2D eigenvalue weighted by atomic mass is 10.0. The summed E-state index contributed by atoms with van der Waals surface area (Å²) in [5, 5.41) is 8.94. The molecule has 23 heavy (non-hydrogen) atoms. The fourth-order valence-electron chi connectivity index (χ4n) is 3.07. The van der Waals surface area contributed by atoms with Gasteiger partial charge in [0.25, 0.3) is 5.91 Å². The molecule has 0 bridgehead atoms. The number of likely N-dealkylation sites (tertiary alicyclic amines) is 1. The second-order valence-electron chi connectivity index (χ2n) is 5.96. The zero-order valence-corrected chi connectivity index (χ0v) is 13.6. The van der Waals surface area contributed by atoms with Gasteiger partial charge < -0.3 is 10.0 Å². The molecule has 1 fully saturated rings. The molecule has 0 saturated carbocycles. The van der Waals surface area contributed by atoms with E-state index in [-0.39, 0.29) is 24.1 Å². The lowest BCUT2D eigenvalue weighted by Crippen LogP contribution is -2.48. The van der Waals surface area contributed by atoms with Crippen LogP contribution in [0.4, 0.5) is 4.39 Å². The molecule has 1 aliphatic heterocycles. The van der Waals surface area contributed by atoms with Crippen LogP contribution in [0.5, 0.6) is 0 Å². The number of hydrogen-bond acceptors (Lipinski definition) is 3. The van der Waals surface area contributed by atoms with Crippen LogP contribution in [-0.2, 0) is 4.79 Å². The van der Waals surface area contributed by atoms with E-state index in [4.69, 9.17) is 5.11 Å². The molecule has 2 rings (SSSR count). The van der Waals surface area contributed by atoms with Gasteiger partial charge in [-0.15, -0.1) is 0 Å². The Labute approximate surface area is 135 Å². The number of aryl methyl sites for hydroxylation is 1. The van der Waals surface area contributed by atoms with Gasteiger partial charge in [-0.3, -0.25) is 14.5 Å². The summed E-state index contributed by atoms with van der Waals surface area (Å²) in [6.45, 7) is 5.44. The Bertz CT molecular complexity index is 583. The smallest absolute Gasteiger partial charge is 0.317 e. The van der Waals surface area contributed by atoms with Crippen molar-refractivity contribution in [3.8, 4) is 0 Å². The fraction of sp³-hybridized carbons (Fsp3) is 0.529. The van der Waals surface area contributed by atoms with E-state index >= 15 is 0 Å². The minimum Gasteiger partial charge on any atom is -0.480 e. The Morgan fingerprint density at radius 1 is 1.35 bits per heavy atom. The van der Waals surface area contributed by atoms with Gasteiger partial charge in [-0.2, -0.15) is 0 Å². The van der Waals surface area contributed by atoms with Gasteiger partial charge in [0.05, 0.1) is 12.1 Å². The highest BCUT2D eigenvalue weighted by Crippen LogP contribution is 2.20. The van der Waals surface area contributed by atoms with Gasteiger partial charge in [-0.25, -0.2) is 4.39 Å². The first kappa shape index (κ1) is 17.4. The van der Waals surface area contributed by atoms with E-state index < -0.39 is 11.8 Å². The molecule has 0 aromatic heterocycles. The van der Waals surface area contributed by atoms with Crippen LogP contribution in [0, 0.1) is 12.7 Å². The predicted octanol–water partition coefficient (Wildman–Crippen LogP) is 2.15. The van der Waals surface area contributed by atoms with E-state index in [9.17, 15) is 14.0 Å². The molecule has 1 aromatic rings. The average molecular weight is 322 g/mol. The molecule has 126 valence electrons. The number of halogens is 1. The first-order valence-electron chi connectivity index (χ1n) is 7.93. The molecular weight excluding hydrogens is 299 g/mol. The Balaban J connectivity index is 1.98. The summed E-state index contributed by atoms with van der Waals surface area (Å²) in [7, 11) is 0. The molecule has 0 aliphatic carbocycles. The van der Waals surface area contributed by atoms with E-state index in [1.165, 1.54) is 12.1 Å². The molecule has 5 nitrogen and oxygen atoms in total. The van der Waals surface area contributed by atoms with Gasteiger partial charge in [0.1, 0.15) is 5.82 Å². The number of aliphatic carboxylic acids is 1. The van der Waals surface area contributed by atoms with E-state index in [0.29, 0.717) is 32.5 Å². The normalized spacial score (nSPS) is 15.9. The third kappa shape index (κ3) is 4.28. The number of benzene rings is 1. The number of piperidine rings is 1. The number of nitrogens with zero attached hydrogens (tertiary/aromatic N) is 2. The van der Waals surface area contributed by atoms with Gasteiger partial charge in [-0.1, -0.05) is 13.0 Å². The lowest BCUT2D eigenvalue weighted by molar-refractivity contribution is -0.139. The van der Waals surface area contributed by atoms with Crippen molar-refractivity contribution in [1.29, 1.82) is 0 Å². The molecule has 1 aliphatic rings. The first-order valence-corrected chi connectivity index (χ1v) is 7.93. The lowest BCUT2D eigenvalue weighted by Gasteiger charge is -2.37. The second-order valence-corrected chi connectivity index (χ2v) is 5.96. The van der Waals surface area contributed by atoms with Crippen LogP contribution < -0.4 is 0 Å². The summed E-state index contributed by atoms with van der Waals surface area (Å²) >= 11 is 0. The zero-order valence-electron chi connectivity index (χ0n) is 13.6. The third-order valence-electron chi connectivity index (χ3n) is 4.37. The van der Waals surface area contributed by atoms with Crippen LogP contribution in [-0.4, -0.2) is 59.0 Å². The summed E-state index contributed by atoms with van der Waals surface area (Å²) < 4.78 is 13.9. The molecule has 1 aromatic carbocycles. The minimum absolute atomic E-state index is 0.0156. The molecule has 0 radical (unpaired) electrons. The molecule has 0 unspecified atom stereocenters. The molecule has 0 atom stereocenters. The minimum atomic E-state index is -0.841. The summed E-state index contributed by atoms with van der Waals surface area (Å²) in [6, 6.07) is 4.78. The van der Waals surface area contributed by atoms with Gasteiger partial charge in [0.2, 0.25) is 0 Å². The maximum Gasteiger partial charge on any atom is 0.317 e. The Morgan fingerprint density at radius 3 is 2.52 bits per heavy atom. The highest BCUT2D eigenvalue weighted by molar-refractivity contribution is 5.94. The monoisotopic (exact) mass is 322 g/mol. The maximum absolute atomic E-state index is 13.9. The molecule has 1 heterocycles. The van der Waals surface area contributed by atoms with Gasteiger partial charge in [0, 0.05) is 19.1 Å². The van der Waals surface area contributed by atoms with Crippen LogP contribution >= 0.6 is 0 Å². The molecule has 0 spiro atoms. The van der Waals surface area contributed by atoms with Crippen LogP contribution in [0.2, 0.25) is 0 Å². The Morgan fingerprint density at radius 2 is 2.00 bits per heavy atom. The highest BCUT2D eigenvalue weighted by atomic mass is 19.1. The van der Waals surface area contributed by atoms with Crippen molar-refractivity contribution in [3.05, 3.63) is 35.1 Å². The van der Waals surface area contributed by atoms with Crippen LogP contribution in [0.1, 0.15) is 35.7 Å². The Hall–Kier alpha value is -1.95. The van der Waals surface area contributed by atoms with Crippen molar-refractivity contribution in [3.63, 3.8) is 0 Å². The summed E-state index contributed by atoms with van der Waals surface area (Å²) in [5.74, 6) is -1.62. The maximum atomic E-state index is 13.9. The standard InChI is InChI=1S/C17H23FN2O3/c1-3-19(11-16(21)22)13-6-8-20(9-7-13)17(23)14-5-4-12(2)10-15(14)18/h4-5,10,13H,3,6-9,11H2,1-2H3,(H,21,22). The first-order chi connectivity index (χ1) is 10.9. The van der Waals surface area contributed by atoms with Crippen molar-refractivity contribution in [2.45, 2.75) is 32.7 Å². The second kappa shape index (κ2) is 7.55. The van der Waals surface area contributed by atoms with E-state index in [2.05, 4.69) is 0 Å². The number of carbonyl (C=O) groups excluding carboxylic acids is 1. The molecular formula is C17H23FN2O3. The molecule has 1 amide bonds. The van der Waals surface area contributed by atoms with Crippen LogP contribution in [0.25, 0.3) is 0 Å². The van der Waals surface area contributed by atoms with E-state index in [1.807, 2.05) is 11.8 Å². The van der Waals surface area contributed by atoms with Gasteiger partial charge >= 0.3 is 5.97 Å². The summed E-state index contributed by atoms with van der Waals surface area (Å²) in [4.78, 5) is 26.9. The van der Waals surface area contributed by atoms with Crippen molar-refractivity contribution < 1.29 is 19.1 Å². The molecule has 6 heteroatoms. The summed E-state index contributed by atoms with van der Waals surface area (Å²) in [6.07, 6.45) is 1.42. The fourth-order valence-corrected chi connectivity index (χ4v) is 3.07. The summed E-state index contributed by atoms with van der Waals surface area (Å²) in [5.41, 5.74) is 0.886. The Kier molecular flexibility index (Phi) is 5.71. The van der Waals surface area contributed by atoms with Crippen molar-refractivity contribution in [2.75, 3.05) is 26.2 Å². The SMILES string of the molecule is CCN(CC(=O)O)C1CCN(C(=O)c2ccc(C)cc2F)CC1. The quantitative estimate of drug-likeness (QED) is 0.902. The topological polar surface area (TPSA) is 60.9 Å². The van der Waals surface area contributed by atoms with Crippen LogP contribution in [0.3, 0.4) is 0 Å². The van der Waals surface area contributed by atoms with E-state index in [0.717, 1.165) is 5.56 Å². The highest BCUT2D eigenvalue weighted by Gasteiger charge is 2.28. The average Bonchev–Trinajstić information content (AvgIpc) is 2.52. The number of amides is 1. The number of hydrogen-bond donors (Lipinski definition) is 1. The van der Waals surface area contributed by atoms with Gasteiger partial charge in [0.15, 0.2) is 0 Å².